The van der Waals surface area contributed by atoms with Crippen molar-refractivity contribution in [1.82, 2.24) is 5.32 Å². The molecule has 1 saturated heterocycles. The molecule has 0 bridgehead atoms. The Kier molecular flexibility index (Phi) is 1.78. The second kappa shape index (κ2) is 2.27. The third-order valence-electron chi connectivity index (χ3n) is 2.08. The fourth-order valence-corrected chi connectivity index (χ4v) is 1.16. The van der Waals surface area contributed by atoms with Crippen LogP contribution in [0.2, 0.25) is 0 Å². The Morgan fingerprint density at radius 2 is 2.22 bits per heavy atom. The number of piperidine rings is 1. The molecule has 0 radical (unpaired) electrons. The molecule has 0 saturated carbocycles. The van der Waals surface area contributed by atoms with Crippen LogP contribution in [0, 0.1) is 5.41 Å². The maximum Gasteiger partial charge on any atom is 0.0615 e. The highest BCUT2D eigenvalue weighted by molar-refractivity contribution is 4.84. The van der Waals surface area contributed by atoms with Gasteiger partial charge in [0, 0.05) is 12.0 Å². The van der Waals surface area contributed by atoms with Gasteiger partial charge < -0.3 is 10.4 Å². The Labute approximate surface area is 56.3 Å². The topological polar surface area (TPSA) is 32.3 Å². The van der Waals surface area contributed by atoms with Gasteiger partial charge in [-0.3, -0.25) is 0 Å². The van der Waals surface area contributed by atoms with Gasteiger partial charge in [-0.05, 0) is 13.0 Å². The van der Waals surface area contributed by atoms with E-state index in [1.54, 1.807) is 0 Å². The van der Waals surface area contributed by atoms with Crippen molar-refractivity contribution in [2.75, 3.05) is 13.1 Å². The number of hydrogen-bond acceptors (Lipinski definition) is 2. The summed E-state index contributed by atoms with van der Waals surface area (Å²) in [4.78, 5) is 0. The van der Waals surface area contributed by atoms with Crippen molar-refractivity contribution >= 4 is 0 Å². The highest BCUT2D eigenvalue weighted by Gasteiger charge is 2.29. The van der Waals surface area contributed by atoms with Gasteiger partial charge in [-0.15, -0.1) is 0 Å². The van der Waals surface area contributed by atoms with Crippen LogP contribution in [-0.2, 0) is 0 Å². The minimum atomic E-state index is -0.112. The SMILES string of the molecule is CC1(C)CNCC[C@@H]1O. The molecule has 1 fully saturated rings. The molecule has 0 aliphatic carbocycles. The molecule has 0 aromatic rings. The fourth-order valence-electron chi connectivity index (χ4n) is 1.16. The van der Waals surface area contributed by atoms with Gasteiger partial charge >= 0.3 is 0 Å². The molecule has 2 N–H and O–H groups in total. The molecule has 0 spiro atoms. The zero-order valence-electron chi connectivity index (χ0n) is 6.15. The molecule has 54 valence electrons. The normalized spacial score (nSPS) is 34.3. The summed E-state index contributed by atoms with van der Waals surface area (Å²) < 4.78 is 0. The Morgan fingerprint density at radius 3 is 2.56 bits per heavy atom. The first-order chi connectivity index (χ1) is 4.13. The summed E-state index contributed by atoms with van der Waals surface area (Å²) in [6, 6.07) is 0. The van der Waals surface area contributed by atoms with Crippen molar-refractivity contribution < 1.29 is 5.11 Å². The zero-order valence-corrected chi connectivity index (χ0v) is 6.15. The van der Waals surface area contributed by atoms with Crippen LogP contribution in [0.1, 0.15) is 20.3 Å². The zero-order chi connectivity index (χ0) is 6.91. The van der Waals surface area contributed by atoms with Crippen molar-refractivity contribution in [3.8, 4) is 0 Å². The second-order valence-corrected chi connectivity index (χ2v) is 3.47. The van der Waals surface area contributed by atoms with E-state index in [9.17, 15) is 5.11 Å². The molecule has 1 aliphatic rings. The highest BCUT2D eigenvalue weighted by atomic mass is 16.3. The van der Waals surface area contributed by atoms with Gasteiger partial charge in [0.15, 0.2) is 0 Å². The van der Waals surface area contributed by atoms with E-state index in [-0.39, 0.29) is 11.5 Å². The molecule has 0 unspecified atom stereocenters. The van der Waals surface area contributed by atoms with Gasteiger partial charge in [0.25, 0.3) is 0 Å². The maximum absolute atomic E-state index is 9.40. The van der Waals surface area contributed by atoms with Crippen molar-refractivity contribution in [2.45, 2.75) is 26.4 Å². The van der Waals surface area contributed by atoms with Crippen LogP contribution in [0.15, 0.2) is 0 Å². The molecule has 9 heavy (non-hydrogen) atoms. The summed E-state index contributed by atoms with van der Waals surface area (Å²) in [5.74, 6) is 0. The van der Waals surface area contributed by atoms with Gasteiger partial charge in [-0.25, -0.2) is 0 Å². The highest BCUT2D eigenvalue weighted by Crippen LogP contribution is 2.24. The Morgan fingerprint density at radius 1 is 1.56 bits per heavy atom. The van der Waals surface area contributed by atoms with E-state index in [2.05, 4.69) is 19.2 Å². The summed E-state index contributed by atoms with van der Waals surface area (Å²) in [5, 5.41) is 12.6. The quantitative estimate of drug-likeness (QED) is 0.495. The van der Waals surface area contributed by atoms with Crippen LogP contribution >= 0.6 is 0 Å². The predicted molar refractivity (Wildman–Crippen MR) is 37.3 cm³/mol. The summed E-state index contributed by atoms with van der Waals surface area (Å²) in [7, 11) is 0. The number of aliphatic hydroxyl groups is 1. The van der Waals surface area contributed by atoms with Crippen molar-refractivity contribution in [2.24, 2.45) is 5.41 Å². The third kappa shape index (κ3) is 1.43. The van der Waals surface area contributed by atoms with Crippen LogP contribution < -0.4 is 5.32 Å². The van der Waals surface area contributed by atoms with Crippen LogP contribution in [0.3, 0.4) is 0 Å². The van der Waals surface area contributed by atoms with Gasteiger partial charge in [0.05, 0.1) is 6.10 Å². The van der Waals surface area contributed by atoms with Crippen LogP contribution in [0.25, 0.3) is 0 Å². The molecule has 1 aliphatic heterocycles. The summed E-state index contributed by atoms with van der Waals surface area (Å²) >= 11 is 0. The van der Waals surface area contributed by atoms with Crippen LogP contribution in [-0.4, -0.2) is 24.3 Å². The van der Waals surface area contributed by atoms with Crippen LogP contribution in [0.5, 0.6) is 0 Å². The van der Waals surface area contributed by atoms with E-state index in [1.807, 2.05) is 0 Å². The molecule has 0 aromatic heterocycles. The lowest BCUT2D eigenvalue weighted by atomic mass is 9.82. The number of aliphatic hydroxyl groups excluding tert-OH is 1. The van der Waals surface area contributed by atoms with E-state index in [1.165, 1.54) is 0 Å². The molecule has 2 nitrogen and oxygen atoms in total. The fraction of sp³-hybridized carbons (Fsp3) is 1.00. The van der Waals surface area contributed by atoms with Crippen LogP contribution in [0.4, 0.5) is 0 Å². The summed E-state index contributed by atoms with van der Waals surface area (Å²) in [6.07, 6.45) is 0.784. The van der Waals surface area contributed by atoms with Gasteiger partial charge in [0.1, 0.15) is 0 Å². The minimum Gasteiger partial charge on any atom is -0.392 e. The monoisotopic (exact) mass is 129 g/mol. The average Bonchev–Trinajstić information content (AvgIpc) is 1.77. The van der Waals surface area contributed by atoms with Gasteiger partial charge in [-0.1, -0.05) is 13.8 Å². The Balaban J connectivity index is 2.49. The maximum atomic E-state index is 9.40. The molecular weight excluding hydrogens is 114 g/mol. The molecule has 1 rings (SSSR count). The smallest absolute Gasteiger partial charge is 0.0615 e. The Hall–Kier alpha value is -0.0800. The standard InChI is InChI=1S/C7H15NO/c1-7(2)5-8-4-3-6(7)9/h6,8-9H,3-5H2,1-2H3/t6-/m0/s1. The first-order valence-electron chi connectivity index (χ1n) is 3.52. The van der Waals surface area contributed by atoms with Crippen molar-refractivity contribution in [3.63, 3.8) is 0 Å². The third-order valence-corrected chi connectivity index (χ3v) is 2.08. The van der Waals surface area contributed by atoms with Crippen molar-refractivity contribution in [1.29, 1.82) is 0 Å². The van der Waals surface area contributed by atoms with E-state index >= 15 is 0 Å². The lowest BCUT2D eigenvalue weighted by Crippen LogP contribution is -2.45. The summed E-state index contributed by atoms with van der Waals surface area (Å²) in [5.41, 5.74) is 0.0816. The first kappa shape index (κ1) is 7.03. The molecule has 0 amide bonds. The number of rotatable bonds is 0. The van der Waals surface area contributed by atoms with E-state index in [0.29, 0.717) is 0 Å². The predicted octanol–water partition coefficient (Wildman–Crippen LogP) is 0.367. The van der Waals surface area contributed by atoms with Gasteiger partial charge in [-0.2, -0.15) is 0 Å². The second-order valence-electron chi connectivity index (χ2n) is 3.47. The summed E-state index contributed by atoms with van der Waals surface area (Å²) in [6.45, 7) is 6.08. The van der Waals surface area contributed by atoms with E-state index < -0.39 is 0 Å². The van der Waals surface area contributed by atoms with E-state index in [0.717, 1.165) is 19.5 Å². The number of nitrogens with one attached hydrogen (secondary N) is 1. The molecule has 1 heterocycles. The molecular formula is C7H15NO. The van der Waals surface area contributed by atoms with Crippen molar-refractivity contribution in [3.05, 3.63) is 0 Å². The number of hydrogen-bond donors (Lipinski definition) is 2. The Bertz CT molecular complexity index is 101. The van der Waals surface area contributed by atoms with E-state index in [4.69, 9.17) is 0 Å². The average molecular weight is 129 g/mol. The molecule has 0 aromatic carbocycles. The molecule has 2 heteroatoms. The lowest BCUT2D eigenvalue weighted by molar-refractivity contribution is 0.0242. The lowest BCUT2D eigenvalue weighted by Gasteiger charge is -2.35. The first-order valence-corrected chi connectivity index (χ1v) is 3.52. The minimum absolute atomic E-state index is 0.0816. The largest absolute Gasteiger partial charge is 0.392 e. The molecule has 1 atom stereocenters. The van der Waals surface area contributed by atoms with Gasteiger partial charge in [0.2, 0.25) is 0 Å².